The molecule has 1 saturated carbocycles. The van der Waals surface area contributed by atoms with Crippen LogP contribution in [0, 0.1) is 5.92 Å². The summed E-state index contributed by atoms with van der Waals surface area (Å²) in [5, 5.41) is 0. The van der Waals surface area contributed by atoms with E-state index < -0.39 is 22.2 Å². The third-order valence-electron chi connectivity index (χ3n) is 2.08. The molecule has 0 N–H and O–H groups in total. The van der Waals surface area contributed by atoms with Gasteiger partial charge < -0.3 is 4.74 Å². The fourth-order valence-corrected chi connectivity index (χ4v) is 1.86. The Labute approximate surface area is 89.9 Å². The number of carbonyl (C=O) groups is 1. The minimum atomic E-state index is -3.61. The molecule has 0 amide bonds. The number of hydrogen-bond acceptors (Lipinski definition) is 5. The highest BCUT2D eigenvalue weighted by Gasteiger charge is 2.33. The molecule has 0 unspecified atom stereocenters. The molecule has 15 heavy (non-hydrogen) atoms. The van der Waals surface area contributed by atoms with Crippen molar-refractivity contribution in [2.75, 3.05) is 12.9 Å². The maximum atomic E-state index is 11.4. The standard InChI is InChI=1S/C9H16O5S/c1-3-13-9(10)8(6-7-4-5-7)14-15(2,11)12/h7-8H,3-6H2,1-2H3/t8-/m0/s1. The third kappa shape index (κ3) is 5.13. The lowest BCUT2D eigenvalue weighted by atomic mass is 10.2. The van der Waals surface area contributed by atoms with E-state index in [0.29, 0.717) is 12.3 Å². The molecule has 0 radical (unpaired) electrons. The normalized spacial score (nSPS) is 18.5. The van der Waals surface area contributed by atoms with Crippen molar-refractivity contribution in [2.45, 2.75) is 32.3 Å². The average molecular weight is 236 g/mol. The predicted molar refractivity (Wildman–Crippen MR) is 53.7 cm³/mol. The van der Waals surface area contributed by atoms with Gasteiger partial charge in [0.25, 0.3) is 10.1 Å². The molecule has 88 valence electrons. The van der Waals surface area contributed by atoms with Crippen molar-refractivity contribution in [1.82, 2.24) is 0 Å². The van der Waals surface area contributed by atoms with Gasteiger partial charge in [-0.05, 0) is 19.3 Å². The Bertz CT molecular complexity index is 317. The van der Waals surface area contributed by atoms with E-state index in [0.717, 1.165) is 19.1 Å². The Morgan fingerprint density at radius 2 is 2.07 bits per heavy atom. The molecule has 1 atom stereocenters. The van der Waals surface area contributed by atoms with Gasteiger partial charge in [0, 0.05) is 0 Å². The molecule has 0 aliphatic heterocycles. The minimum absolute atomic E-state index is 0.229. The van der Waals surface area contributed by atoms with Crippen LogP contribution in [-0.2, 0) is 23.8 Å². The lowest BCUT2D eigenvalue weighted by molar-refractivity contribution is -0.151. The van der Waals surface area contributed by atoms with Gasteiger partial charge in [-0.3, -0.25) is 4.18 Å². The van der Waals surface area contributed by atoms with E-state index in [1.54, 1.807) is 6.92 Å². The molecule has 0 heterocycles. The number of ether oxygens (including phenoxy) is 1. The van der Waals surface area contributed by atoms with E-state index in [2.05, 4.69) is 0 Å². The molecule has 1 aliphatic rings. The SMILES string of the molecule is CCOC(=O)[C@H](CC1CC1)OS(C)(=O)=O. The van der Waals surface area contributed by atoms with Gasteiger partial charge in [0.1, 0.15) is 0 Å². The Balaban J connectivity index is 2.54. The molecule has 1 fully saturated rings. The smallest absolute Gasteiger partial charge is 0.336 e. The Hall–Kier alpha value is -0.620. The first-order chi connectivity index (χ1) is 6.92. The van der Waals surface area contributed by atoms with Crippen LogP contribution in [-0.4, -0.2) is 33.4 Å². The second kappa shape index (κ2) is 4.94. The fraction of sp³-hybridized carbons (Fsp3) is 0.889. The van der Waals surface area contributed by atoms with Crippen molar-refractivity contribution in [2.24, 2.45) is 5.92 Å². The average Bonchev–Trinajstić information content (AvgIpc) is 2.85. The zero-order chi connectivity index (χ0) is 11.5. The lowest BCUT2D eigenvalue weighted by Crippen LogP contribution is -2.29. The van der Waals surface area contributed by atoms with Crippen molar-refractivity contribution in [1.29, 1.82) is 0 Å². The molecular formula is C9H16O5S. The maximum Gasteiger partial charge on any atom is 0.336 e. The summed E-state index contributed by atoms with van der Waals surface area (Å²) in [6, 6.07) is 0. The summed E-state index contributed by atoms with van der Waals surface area (Å²) in [5.74, 6) is -0.184. The Morgan fingerprint density at radius 3 is 2.47 bits per heavy atom. The monoisotopic (exact) mass is 236 g/mol. The zero-order valence-electron chi connectivity index (χ0n) is 8.93. The number of carbonyl (C=O) groups excluding carboxylic acids is 1. The van der Waals surface area contributed by atoms with Crippen LogP contribution in [0.3, 0.4) is 0 Å². The van der Waals surface area contributed by atoms with Gasteiger partial charge in [0.05, 0.1) is 12.9 Å². The second-order valence-electron chi connectivity index (χ2n) is 3.72. The van der Waals surface area contributed by atoms with E-state index in [-0.39, 0.29) is 6.61 Å². The van der Waals surface area contributed by atoms with Crippen LogP contribution in [0.5, 0.6) is 0 Å². The summed E-state index contributed by atoms with van der Waals surface area (Å²) in [7, 11) is -3.61. The van der Waals surface area contributed by atoms with Crippen LogP contribution in [0.2, 0.25) is 0 Å². The molecule has 5 nitrogen and oxygen atoms in total. The van der Waals surface area contributed by atoms with Crippen LogP contribution in [0.4, 0.5) is 0 Å². The van der Waals surface area contributed by atoms with Crippen LogP contribution < -0.4 is 0 Å². The van der Waals surface area contributed by atoms with E-state index in [1.807, 2.05) is 0 Å². The summed E-state index contributed by atoms with van der Waals surface area (Å²) >= 11 is 0. The van der Waals surface area contributed by atoms with E-state index in [1.165, 1.54) is 0 Å². The quantitative estimate of drug-likeness (QED) is 0.501. The van der Waals surface area contributed by atoms with Gasteiger partial charge in [-0.15, -0.1) is 0 Å². The fourth-order valence-electron chi connectivity index (χ4n) is 1.28. The lowest BCUT2D eigenvalue weighted by Gasteiger charge is -2.14. The molecule has 0 aromatic heterocycles. The number of rotatable bonds is 6. The molecule has 0 saturated heterocycles. The highest BCUT2D eigenvalue weighted by atomic mass is 32.2. The van der Waals surface area contributed by atoms with Crippen molar-refractivity contribution in [3.63, 3.8) is 0 Å². The largest absolute Gasteiger partial charge is 0.464 e. The molecule has 0 aromatic carbocycles. The topological polar surface area (TPSA) is 69.7 Å². The molecule has 1 rings (SSSR count). The van der Waals surface area contributed by atoms with Crippen molar-refractivity contribution in [3.05, 3.63) is 0 Å². The Kier molecular flexibility index (Phi) is 4.10. The second-order valence-corrected chi connectivity index (χ2v) is 5.32. The molecule has 0 bridgehead atoms. The molecule has 6 heteroatoms. The Morgan fingerprint density at radius 1 is 1.47 bits per heavy atom. The van der Waals surface area contributed by atoms with Crippen molar-refractivity contribution >= 4 is 16.1 Å². The molecule has 0 aromatic rings. The van der Waals surface area contributed by atoms with Gasteiger partial charge in [-0.25, -0.2) is 4.79 Å². The van der Waals surface area contributed by atoms with Crippen LogP contribution in [0.1, 0.15) is 26.2 Å². The van der Waals surface area contributed by atoms with Crippen molar-refractivity contribution < 1.29 is 22.1 Å². The first kappa shape index (κ1) is 12.4. The predicted octanol–water partition coefficient (Wildman–Crippen LogP) is 0.694. The summed E-state index contributed by atoms with van der Waals surface area (Å²) < 4.78 is 31.3. The van der Waals surface area contributed by atoms with Gasteiger partial charge in [-0.2, -0.15) is 8.42 Å². The third-order valence-corrected chi connectivity index (χ3v) is 2.67. The summed E-state index contributed by atoms with van der Waals surface area (Å²) in [5.41, 5.74) is 0. The first-order valence-corrected chi connectivity index (χ1v) is 6.79. The molecular weight excluding hydrogens is 220 g/mol. The highest BCUT2D eigenvalue weighted by Crippen LogP contribution is 2.34. The minimum Gasteiger partial charge on any atom is -0.464 e. The summed E-state index contributed by atoms with van der Waals surface area (Å²) in [6.07, 6.45) is 2.47. The van der Waals surface area contributed by atoms with E-state index in [4.69, 9.17) is 8.92 Å². The number of esters is 1. The maximum absolute atomic E-state index is 11.4. The first-order valence-electron chi connectivity index (χ1n) is 4.97. The van der Waals surface area contributed by atoms with E-state index >= 15 is 0 Å². The molecule has 0 spiro atoms. The zero-order valence-corrected chi connectivity index (χ0v) is 9.75. The summed E-state index contributed by atoms with van der Waals surface area (Å²) in [4.78, 5) is 11.4. The van der Waals surface area contributed by atoms with Crippen LogP contribution in [0.15, 0.2) is 0 Å². The molecule has 1 aliphatic carbocycles. The van der Waals surface area contributed by atoms with Gasteiger partial charge in [-0.1, -0.05) is 12.8 Å². The summed E-state index contributed by atoms with van der Waals surface area (Å²) in [6.45, 7) is 1.90. The van der Waals surface area contributed by atoms with Gasteiger partial charge in [0.2, 0.25) is 0 Å². The highest BCUT2D eigenvalue weighted by molar-refractivity contribution is 7.86. The number of hydrogen-bond donors (Lipinski definition) is 0. The van der Waals surface area contributed by atoms with Crippen LogP contribution >= 0.6 is 0 Å². The van der Waals surface area contributed by atoms with E-state index in [9.17, 15) is 13.2 Å². The van der Waals surface area contributed by atoms with Gasteiger partial charge in [0.15, 0.2) is 6.10 Å². The van der Waals surface area contributed by atoms with Gasteiger partial charge >= 0.3 is 5.97 Å². The van der Waals surface area contributed by atoms with Crippen molar-refractivity contribution in [3.8, 4) is 0 Å². The van der Waals surface area contributed by atoms with Crippen LogP contribution in [0.25, 0.3) is 0 Å².